The van der Waals surface area contributed by atoms with Crippen LogP contribution in [0.25, 0.3) is 0 Å². The SMILES string of the molecule is CNCCCNc1cc(N(C)C2CCC2)nc(C)n1. The number of nitrogens with one attached hydrogen (secondary N) is 2. The van der Waals surface area contributed by atoms with Gasteiger partial charge in [0.2, 0.25) is 0 Å². The number of aryl methyl sites for hydroxylation is 1. The van der Waals surface area contributed by atoms with Crippen LogP contribution in [-0.4, -0.2) is 43.2 Å². The van der Waals surface area contributed by atoms with Crippen LogP contribution in [0, 0.1) is 6.92 Å². The van der Waals surface area contributed by atoms with E-state index in [1.54, 1.807) is 0 Å². The van der Waals surface area contributed by atoms with E-state index >= 15 is 0 Å². The van der Waals surface area contributed by atoms with E-state index in [-0.39, 0.29) is 0 Å². The average Bonchev–Trinajstić information content (AvgIpc) is 2.32. The van der Waals surface area contributed by atoms with Crippen molar-refractivity contribution >= 4 is 11.6 Å². The van der Waals surface area contributed by atoms with Gasteiger partial charge in [0.1, 0.15) is 17.5 Å². The Bertz CT molecular complexity index is 403. The Morgan fingerprint density at radius 3 is 2.74 bits per heavy atom. The fourth-order valence-electron chi connectivity index (χ4n) is 2.27. The Kier molecular flexibility index (Phi) is 4.96. The van der Waals surface area contributed by atoms with Crippen molar-refractivity contribution in [3.05, 3.63) is 11.9 Å². The van der Waals surface area contributed by atoms with Gasteiger partial charge in [-0.25, -0.2) is 9.97 Å². The third-order valence-corrected chi connectivity index (χ3v) is 3.72. The normalized spacial score (nSPS) is 15.1. The van der Waals surface area contributed by atoms with Gasteiger partial charge >= 0.3 is 0 Å². The van der Waals surface area contributed by atoms with Gasteiger partial charge < -0.3 is 15.5 Å². The summed E-state index contributed by atoms with van der Waals surface area (Å²) in [6.07, 6.45) is 5.00. The Morgan fingerprint density at radius 2 is 2.11 bits per heavy atom. The molecule has 1 aromatic rings. The van der Waals surface area contributed by atoms with Gasteiger partial charge in [-0.3, -0.25) is 0 Å². The molecule has 1 aromatic heterocycles. The van der Waals surface area contributed by atoms with Gasteiger partial charge in [-0.1, -0.05) is 0 Å². The molecule has 0 spiro atoms. The summed E-state index contributed by atoms with van der Waals surface area (Å²) in [6, 6.07) is 2.72. The van der Waals surface area contributed by atoms with E-state index in [9.17, 15) is 0 Å². The molecule has 1 aliphatic rings. The fourth-order valence-corrected chi connectivity index (χ4v) is 2.27. The third kappa shape index (κ3) is 3.80. The second-order valence-electron chi connectivity index (χ2n) is 5.24. The minimum Gasteiger partial charge on any atom is -0.370 e. The molecule has 2 N–H and O–H groups in total. The summed E-state index contributed by atoms with van der Waals surface area (Å²) in [5.74, 6) is 2.80. The molecule has 0 saturated heterocycles. The van der Waals surface area contributed by atoms with E-state index in [0.717, 1.165) is 37.0 Å². The maximum absolute atomic E-state index is 4.54. The lowest BCUT2D eigenvalue weighted by Gasteiger charge is -2.35. The molecule has 0 atom stereocenters. The quantitative estimate of drug-likeness (QED) is 0.735. The Balaban J connectivity index is 1.97. The van der Waals surface area contributed by atoms with Crippen molar-refractivity contribution in [3.63, 3.8) is 0 Å². The molecule has 0 amide bonds. The molecule has 0 aliphatic heterocycles. The Hall–Kier alpha value is -1.36. The van der Waals surface area contributed by atoms with Crippen LogP contribution >= 0.6 is 0 Å². The minimum absolute atomic E-state index is 0.659. The van der Waals surface area contributed by atoms with Crippen molar-refractivity contribution < 1.29 is 0 Å². The molecule has 1 saturated carbocycles. The summed E-state index contributed by atoms with van der Waals surface area (Å²) < 4.78 is 0. The van der Waals surface area contributed by atoms with E-state index in [0.29, 0.717) is 6.04 Å². The van der Waals surface area contributed by atoms with Crippen molar-refractivity contribution in [3.8, 4) is 0 Å². The number of hydrogen-bond acceptors (Lipinski definition) is 5. The largest absolute Gasteiger partial charge is 0.370 e. The van der Waals surface area contributed by atoms with Crippen LogP contribution in [0.4, 0.5) is 11.6 Å². The zero-order chi connectivity index (χ0) is 13.7. The smallest absolute Gasteiger partial charge is 0.134 e. The lowest BCUT2D eigenvalue weighted by molar-refractivity contribution is 0.399. The molecule has 1 heterocycles. The van der Waals surface area contributed by atoms with Crippen LogP contribution in [-0.2, 0) is 0 Å². The lowest BCUT2D eigenvalue weighted by atomic mass is 9.92. The number of aromatic nitrogens is 2. The maximum Gasteiger partial charge on any atom is 0.134 e. The molecular formula is C14H25N5. The molecule has 1 aliphatic carbocycles. The minimum atomic E-state index is 0.659. The molecule has 2 rings (SSSR count). The summed E-state index contributed by atoms with van der Waals surface area (Å²) in [5.41, 5.74) is 0. The zero-order valence-electron chi connectivity index (χ0n) is 12.2. The summed E-state index contributed by atoms with van der Waals surface area (Å²) >= 11 is 0. The highest BCUT2D eigenvalue weighted by Gasteiger charge is 2.23. The fraction of sp³-hybridized carbons (Fsp3) is 0.714. The summed E-state index contributed by atoms with van der Waals surface area (Å²) in [4.78, 5) is 11.3. The van der Waals surface area contributed by atoms with Gasteiger partial charge in [0.25, 0.3) is 0 Å². The molecule has 106 valence electrons. The van der Waals surface area contributed by atoms with Gasteiger partial charge in [-0.2, -0.15) is 0 Å². The van der Waals surface area contributed by atoms with Crippen molar-refractivity contribution in [2.45, 2.75) is 38.6 Å². The molecular weight excluding hydrogens is 238 g/mol. The highest BCUT2D eigenvalue weighted by atomic mass is 15.2. The first kappa shape index (κ1) is 14.1. The first-order valence-corrected chi connectivity index (χ1v) is 7.17. The summed E-state index contributed by atoms with van der Waals surface area (Å²) in [7, 11) is 4.11. The summed E-state index contributed by atoms with van der Waals surface area (Å²) in [6.45, 7) is 3.91. The monoisotopic (exact) mass is 263 g/mol. The van der Waals surface area contributed by atoms with E-state index in [1.807, 2.05) is 14.0 Å². The second-order valence-corrected chi connectivity index (χ2v) is 5.24. The second kappa shape index (κ2) is 6.70. The molecule has 5 heteroatoms. The third-order valence-electron chi connectivity index (χ3n) is 3.72. The van der Waals surface area contributed by atoms with Crippen molar-refractivity contribution in [2.24, 2.45) is 0 Å². The van der Waals surface area contributed by atoms with Crippen LogP contribution in [0.15, 0.2) is 6.07 Å². The first-order valence-electron chi connectivity index (χ1n) is 7.17. The molecule has 0 aromatic carbocycles. The standard InChI is InChI=1S/C14H25N5/c1-11-17-13(16-9-5-8-15-2)10-14(18-11)19(3)12-6-4-7-12/h10,12,15H,4-9H2,1-3H3,(H,16,17,18). The first-order chi connectivity index (χ1) is 9.20. The van der Waals surface area contributed by atoms with Crippen LogP contribution < -0.4 is 15.5 Å². The maximum atomic E-state index is 4.54. The van der Waals surface area contributed by atoms with E-state index in [2.05, 4.69) is 38.6 Å². The number of anilines is 2. The predicted octanol–water partition coefficient (Wildman–Crippen LogP) is 1.80. The number of nitrogens with zero attached hydrogens (tertiary/aromatic N) is 3. The van der Waals surface area contributed by atoms with Gasteiger partial charge in [-0.05, 0) is 46.2 Å². The van der Waals surface area contributed by atoms with Crippen molar-refractivity contribution in [2.75, 3.05) is 37.4 Å². The molecule has 5 nitrogen and oxygen atoms in total. The van der Waals surface area contributed by atoms with Crippen LogP contribution in [0.1, 0.15) is 31.5 Å². The molecule has 0 unspecified atom stereocenters. The Morgan fingerprint density at radius 1 is 1.32 bits per heavy atom. The number of rotatable bonds is 7. The number of hydrogen-bond donors (Lipinski definition) is 2. The van der Waals surface area contributed by atoms with E-state index in [1.165, 1.54) is 19.3 Å². The van der Waals surface area contributed by atoms with Gasteiger partial charge in [0, 0.05) is 25.7 Å². The van der Waals surface area contributed by atoms with Crippen LogP contribution in [0.3, 0.4) is 0 Å². The van der Waals surface area contributed by atoms with Crippen molar-refractivity contribution in [1.29, 1.82) is 0 Å². The molecule has 0 radical (unpaired) electrons. The highest BCUT2D eigenvalue weighted by Crippen LogP contribution is 2.27. The highest BCUT2D eigenvalue weighted by molar-refractivity contribution is 5.49. The topological polar surface area (TPSA) is 53.1 Å². The Labute approximate surface area is 115 Å². The summed E-state index contributed by atoms with van der Waals surface area (Å²) in [5, 5.41) is 6.52. The van der Waals surface area contributed by atoms with E-state index in [4.69, 9.17) is 0 Å². The van der Waals surface area contributed by atoms with Crippen molar-refractivity contribution in [1.82, 2.24) is 15.3 Å². The lowest BCUT2D eigenvalue weighted by Crippen LogP contribution is -2.37. The molecule has 1 fully saturated rings. The van der Waals surface area contributed by atoms with Crippen LogP contribution in [0.2, 0.25) is 0 Å². The van der Waals surface area contributed by atoms with Gasteiger partial charge in [0.05, 0.1) is 0 Å². The van der Waals surface area contributed by atoms with Gasteiger partial charge in [0.15, 0.2) is 0 Å². The zero-order valence-corrected chi connectivity index (χ0v) is 12.2. The predicted molar refractivity (Wildman–Crippen MR) is 79.8 cm³/mol. The molecule has 0 bridgehead atoms. The molecule has 19 heavy (non-hydrogen) atoms. The van der Waals surface area contributed by atoms with E-state index < -0.39 is 0 Å². The average molecular weight is 263 g/mol. The van der Waals surface area contributed by atoms with Gasteiger partial charge in [-0.15, -0.1) is 0 Å². The van der Waals surface area contributed by atoms with Crippen LogP contribution in [0.5, 0.6) is 0 Å².